The van der Waals surface area contributed by atoms with Crippen LogP contribution in [0.5, 0.6) is 0 Å². The number of rotatable bonds is 5. The van der Waals surface area contributed by atoms with Gasteiger partial charge in [0.25, 0.3) is 0 Å². The van der Waals surface area contributed by atoms with E-state index >= 15 is 0 Å². The first-order valence-corrected chi connectivity index (χ1v) is 6.76. The summed E-state index contributed by atoms with van der Waals surface area (Å²) in [5.74, 6) is 0.664. The van der Waals surface area contributed by atoms with Crippen LogP contribution in [0.2, 0.25) is 0 Å². The Hall–Kier alpha value is -1.94. The van der Waals surface area contributed by atoms with Crippen molar-refractivity contribution in [1.82, 2.24) is 4.98 Å². The molecule has 2 rings (SSSR count). The zero-order valence-electron chi connectivity index (χ0n) is 11.9. The summed E-state index contributed by atoms with van der Waals surface area (Å²) in [5, 5.41) is 0. The minimum absolute atomic E-state index is 0.0948. The quantitative estimate of drug-likeness (QED) is 0.910. The maximum absolute atomic E-state index is 13.9. The van der Waals surface area contributed by atoms with Gasteiger partial charge >= 0.3 is 0 Å². The fourth-order valence-corrected chi connectivity index (χ4v) is 2.30. The third-order valence-electron chi connectivity index (χ3n) is 3.55. The van der Waals surface area contributed by atoms with Crippen LogP contribution >= 0.6 is 0 Å². The van der Waals surface area contributed by atoms with Crippen LogP contribution < -0.4 is 10.6 Å². The van der Waals surface area contributed by atoms with E-state index in [9.17, 15) is 4.39 Å². The molecule has 20 heavy (non-hydrogen) atoms. The number of hydrogen-bond donors (Lipinski definition) is 1. The molecule has 0 bridgehead atoms. The van der Waals surface area contributed by atoms with Gasteiger partial charge in [0.05, 0.1) is 6.04 Å². The molecule has 0 amide bonds. The summed E-state index contributed by atoms with van der Waals surface area (Å²) >= 11 is 0. The first kappa shape index (κ1) is 14.5. The highest BCUT2D eigenvalue weighted by atomic mass is 19.1. The summed E-state index contributed by atoms with van der Waals surface area (Å²) in [5.41, 5.74) is 7.38. The molecule has 1 unspecified atom stereocenters. The Kier molecular flexibility index (Phi) is 4.69. The van der Waals surface area contributed by atoms with Crippen molar-refractivity contribution in [3.05, 3.63) is 59.5 Å². The zero-order chi connectivity index (χ0) is 14.5. The minimum Gasteiger partial charge on any atom is -0.353 e. The van der Waals surface area contributed by atoms with Crippen molar-refractivity contribution >= 4 is 5.82 Å². The molecule has 1 heterocycles. The molecule has 4 heteroatoms. The number of aromatic nitrogens is 1. The second-order valence-electron chi connectivity index (χ2n) is 4.83. The lowest BCUT2D eigenvalue weighted by atomic mass is 10.1. The average Bonchev–Trinajstić information content (AvgIpc) is 2.47. The highest BCUT2D eigenvalue weighted by Crippen LogP contribution is 2.27. The molecule has 0 aliphatic rings. The lowest BCUT2D eigenvalue weighted by Crippen LogP contribution is -2.25. The number of hydrogen-bond acceptors (Lipinski definition) is 3. The summed E-state index contributed by atoms with van der Waals surface area (Å²) < 4.78 is 13.9. The number of benzene rings is 1. The minimum atomic E-state index is -0.192. The molecule has 2 aromatic rings. The van der Waals surface area contributed by atoms with Crippen molar-refractivity contribution in [2.24, 2.45) is 5.73 Å². The summed E-state index contributed by atoms with van der Waals surface area (Å²) in [4.78, 5) is 6.41. The van der Waals surface area contributed by atoms with Gasteiger partial charge in [-0.3, -0.25) is 0 Å². The van der Waals surface area contributed by atoms with Crippen molar-refractivity contribution in [2.45, 2.75) is 19.4 Å². The van der Waals surface area contributed by atoms with Crippen molar-refractivity contribution < 1.29 is 4.39 Å². The van der Waals surface area contributed by atoms with Crippen molar-refractivity contribution in [3.8, 4) is 0 Å². The van der Waals surface area contributed by atoms with Crippen molar-refractivity contribution in [3.63, 3.8) is 0 Å². The number of anilines is 1. The Labute approximate surface area is 119 Å². The third kappa shape index (κ3) is 2.96. The largest absolute Gasteiger partial charge is 0.353 e. The normalized spacial score (nSPS) is 12.2. The molecule has 0 aliphatic heterocycles. The molecule has 2 N–H and O–H groups in total. The molecular formula is C16H20FN3. The predicted octanol–water partition coefficient (Wildman–Crippen LogP) is 2.92. The second kappa shape index (κ2) is 6.48. The van der Waals surface area contributed by atoms with Gasteiger partial charge in [-0.1, -0.05) is 24.3 Å². The highest BCUT2D eigenvalue weighted by Gasteiger charge is 2.18. The monoisotopic (exact) mass is 273 g/mol. The van der Waals surface area contributed by atoms with Crippen LogP contribution in [-0.4, -0.2) is 18.6 Å². The van der Waals surface area contributed by atoms with Gasteiger partial charge in [-0.25, -0.2) is 9.37 Å². The Morgan fingerprint density at radius 3 is 2.70 bits per heavy atom. The first-order chi connectivity index (χ1) is 9.65. The number of nitrogens with zero attached hydrogens (tertiary/aromatic N) is 2. The Balaban J connectivity index is 2.31. The fourth-order valence-electron chi connectivity index (χ4n) is 2.30. The van der Waals surface area contributed by atoms with Crippen LogP contribution in [0.3, 0.4) is 0 Å². The van der Waals surface area contributed by atoms with Gasteiger partial charge in [0.1, 0.15) is 11.6 Å². The topological polar surface area (TPSA) is 42.2 Å². The molecular weight excluding hydrogens is 253 g/mol. The number of pyridine rings is 1. The van der Waals surface area contributed by atoms with Gasteiger partial charge in [0.2, 0.25) is 0 Å². The summed E-state index contributed by atoms with van der Waals surface area (Å²) in [6.07, 6.45) is 2.51. The standard InChI is InChI=1S/C16H20FN3/c1-12(14-7-3-4-8-15(14)17)20(2)16-13(9-10-18)6-5-11-19-16/h3-8,11-12H,9-10,18H2,1-2H3. The van der Waals surface area contributed by atoms with Crippen molar-refractivity contribution in [2.75, 3.05) is 18.5 Å². The lowest BCUT2D eigenvalue weighted by Gasteiger charge is -2.28. The van der Waals surface area contributed by atoms with E-state index in [4.69, 9.17) is 5.73 Å². The van der Waals surface area contributed by atoms with E-state index in [1.165, 1.54) is 6.07 Å². The van der Waals surface area contributed by atoms with Gasteiger partial charge in [0.15, 0.2) is 0 Å². The molecule has 0 saturated heterocycles. The van der Waals surface area contributed by atoms with Crippen LogP contribution in [-0.2, 0) is 6.42 Å². The van der Waals surface area contributed by atoms with Gasteiger partial charge in [-0.2, -0.15) is 0 Å². The maximum atomic E-state index is 13.9. The van der Waals surface area contributed by atoms with Crippen LogP contribution in [0.1, 0.15) is 24.1 Å². The van der Waals surface area contributed by atoms with Gasteiger partial charge in [0, 0.05) is 18.8 Å². The van der Waals surface area contributed by atoms with E-state index in [0.29, 0.717) is 12.1 Å². The molecule has 3 nitrogen and oxygen atoms in total. The summed E-state index contributed by atoms with van der Waals surface area (Å²) in [7, 11) is 1.93. The van der Waals surface area contributed by atoms with Gasteiger partial charge in [-0.05, 0) is 37.6 Å². The molecule has 0 fully saturated rings. The predicted molar refractivity (Wildman–Crippen MR) is 80.2 cm³/mol. The first-order valence-electron chi connectivity index (χ1n) is 6.76. The van der Waals surface area contributed by atoms with E-state index in [0.717, 1.165) is 17.8 Å². The van der Waals surface area contributed by atoms with Crippen LogP contribution in [0.4, 0.5) is 10.2 Å². The molecule has 0 aliphatic carbocycles. The average molecular weight is 273 g/mol. The van der Waals surface area contributed by atoms with E-state index in [2.05, 4.69) is 4.98 Å². The molecule has 1 aromatic carbocycles. The smallest absolute Gasteiger partial charge is 0.131 e. The maximum Gasteiger partial charge on any atom is 0.131 e. The van der Waals surface area contributed by atoms with Crippen LogP contribution in [0, 0.1) is 5.82 Å². The van der Waals surface area contributed by atoms with Gasteiger partial charge < -0.3 is 10.6 Å². The van der Waals surface area contributed by atoms with E-state index in [1.807, 2.05) is 43.1 Å². The summed E-state index contributed by atoms with van der Waals surface area (Å²) in [6, 6.07) is 10.7. The highest BCUT2D eigenvalue weighted by molar-refractivity contribution is 5.48. The molecule has 1 aromatic heterocycles. The lowest BCUT2D eigenvalue weighted by molar-refractivity contribution is 0.583. The fraction of sp³-hybridized carbons (Fsp3) is 0.312. The van der Waals surface area contributed by atoms with E-state index in [-0.39, 0.29) is 11.9 Å². The SMILES string of the molecule is CC(c1ccccc1F)N(C)c1ncccc1CCN. The zero-order valence-corrected chi connectivity index (χ0v) is 11.9. The molecule has 0 radical (unpaired) electrons. The third-order valence-corrected chi connectivity index (χ3v) is 3.55. The van der Waals surface area contributed by atoms with Crippen LogP contribution in [0.25, 0.3) is 0 Å². The molecule has 0 saturated carbocycles. The summed E-state index contributed by atoms with van der Waals surface area (Å²) in [6.45, 7) is 2.54. The Morgan fingerprint density at radius 2 is 2.00 bits per heavy atom. The van der Waals surface area contributed by atoms with Crippen molar-refractivity contribution in [1.29, 1.82) is 0 Å². The molecule has 106 valence electrons. The number of halogens is 1. The van der Waals surface area contributed by atoms with Crippen LogP contribution in [0.15, 0.2) is 42.6 Å². The van der Waals surface area contributed by atoms with E-state index in [1.54, 1.807) is 12.3 Å². The Morgan fingerprint density at radius 1 is 1.25 bits per heavy atom. The molecule has 1 atom stereocenters. The van der Waals surface area contributed by atoms with E-state index < -0.39 is 0 Å². The second-order valence-corrected chi connectivity index (χ2v) is 4.83. The molecule has 0 spiro atoms. The number of nitrogens with two attached hydrogens (primary N) is 1. The Bertz CT molecular complexity index is 571. The van der Waals surface area contributed by atoms with Gasteiger partial charge in [-0.15, -0.1) is 0 Å².